The molecule has 2 aliphatic heterocycles. The summed E-state index contributed by atoms with van der Waals surface area (Å²) in [5, 5.41) is 25.0. The van der Waals surface area contributed by atoms with Crippen molar-refractivity contribution in [1.82, 2.24) is 24.6 Å². The van der Waals surface area contributed by atoms with Crippen molar-refractivity contribution in [2.75, 3.05) is 36.9 Å². The average molecular weight is 520 g/mol. The minimum absolute atomic E-state index is 0.399. The van der Waals surface area contributed by atoms with E-state index in [1.54, 1.807) is 25.2 Å². The molecule has 5 heterocycles. The van der Waals surface area contributed by atoms with E-state index in [0.717, 1.165) is 77.7 Å². The molecular weight excluding hydrogens is 486 g/mol. The van der Waals surface area contributed by atoms with Crippen LogP contribution in [0.2, 0.25) is 0 Å². The van der Waals surface area contributed by atoms with Gasteiger partial charge in [-0.25, -0.2) is 4.98 Å². The second-order valence-corrected chi connectivity index (χ2v) is 11.4. The third-order valence-electron chi connectivity index (χ3n) is 7.32. The molecule has 0 saturated carbocycles. The van der Waals surface area contributed by atoms with Gasteiger partial charge in [0.25, 0.3) is 0 Å². The molecule has 194 valence electrons. The number of hydrogen-bond acceptors (Lipinski definition) is 9. The lowest BCUT2D eigenvalue weighted by Crippen LogP contribution is -2.51. The average Bonchev–Trinajstić information content (AvgIpc) is 3.45. The highest BCUT2D eigenvalue weighted by Gasteiger charge is 2.30. The topological polar surface area (TPSA) is 100 Å². The number of fused-ring (bicyclic) bond motifs is 1. The van der Waals surface area contributed by atoms with Crippen molar-refractivity contribution in [3.05, 3.63) is 53.2 Å². The van der Waals surface area contributed by atoms with E-state index in [2.05, 4.69) is 43.8 Å². The maximum absolute atomic E-state index is 10.4. The molecule has 0 unspecified atom stereocenters. The number of rotatable bonds is 7. The third-order valence-corrected chi connectivity index (χ3v) is 8.31. The van der Waals surface area contributed by atoms with Gasteiger partial charge in [-0.1, -0.05) is 12.1 Å². The molecule has 0 radical (unpaired) electrons. The molecule has 3 aromatic heterocycles. The summed E-state index contributed by atoms with van der Waals surface area (Å²) in [5.74, 6) is 1.26. The van der Waals surface area contributed by atoms with E-state index in [-0.39, 0.29) is 0 Å². The molecule has 9 nitrogen and oxygen atoms in total. The Bertz CT molecular complexity index is 1400. The number of benzene rings is 1. The van der Waals surface area contributed by atoms with Gasteiger partial charge >= 0.3 is 0 Å². The van der Waals surface area contributed by atoms with E-state index in [1.165, 1.54) is 0 Å². The van der Waals surface area contributed by atoms with Crippen molar-refractivity contribution >= 4 is 44.7 Å². The van der Waals surface area contributed by atoms with Crippen LogP contribution >= 0.6 is 11.3 Å². The van der Waals surface area contributed by atoms with E-state index >= 15 is 0 Å². The lowest BCUT2D eigenvalue weighted by atomic mass is 9.98. The summed E-state index contributed by atoms with van der Waals surface area (Å²) in [6.45, 7) is 9.55. The first kappa shape index (κ1) is 24.3. The number of thiophene rings is 1. The molecule has 2 aliphatic rings. The molecule has 37 heavy (non-hydrogen) atoms. The number of anilines is 4. The number of nitrogens with one attached hydrogen (secondary N) is 2. The van der Waals surface area contributed by atoms with Crippen molar-refractivity contribution in [2.24, 2.45) is 0 Å². The zero-order valence-corrected chi connectivity index (χ0v) is 22.3. The van der Waals surface area contributed by atoms with Gasteiger partial charge in [-0.3, -0.25) is 9.58 Å². The van der Waals surface area contributed by atoms with Crippen molar-refractivity contribution < 1.29 is 9.84 Å². The van der Waals surface area contributed by atoms with Crippen molar-refractivity contribution in [1.29, 1.82) is 0 Å². The fraction of sp³-hybridized carbons (Fsp3) is 0.444. The van der Waals surface area contributed by atoms with Gasteiger partial charge in [-0.05, 0) is 62.3 Å². The standard InChI is InChI=1S/C27H33N7O2S/c1-17-16-37-25-23(17)24(29-19-6-4-5-18(11-19)27(2,3)35)31-26(32-25)30-20-12-28-34(13-20)21-7-9-33(10-8-21)22-14-36-15-22/h4-6,11-13,16,21-22,35H,7-10,14-15H2,1-3H3,(H2,29,30,31,32). The molecule has 0 bridgehead atoms. The van der Waals surface area contributed by atoms with Crippen LogP contribution in [0.1, 0.15) is 43.9 Å². The SMILES string of the molecule is Cc1csc2nc(Nc3cnn(C4CCN(C5COC5)CC4)c3)nc(Nc3cccc(C(C)(C)O)c3)c12. The summed E-state index contributed by atoms with van der Waals surface area (Å²) in [7, 11) is 0. The molecule has 4 aromatic rings. The minimum atomic E-state index is -0.925. The monoisotopic (exact) mass is 519 g/mol. The Labute approximate surface area is 220 Å². The smallest absolute Gasteiger partial charge is 0.230 e. The Kier molecular flexibility index (Phi) is 6.36. The second-order valence-electron chi connectivity index (χ2n) is 10.6. The first-order valence-electron chi connectivity index (χ1n) is 12.8. The molecule has 3 N–H and O–H groups in total. The summed E-state index contributed by atoms with van der Waals surface area (Å²) in [6, 6.07) is 8.79. The number of ether oxygens (including phenoxy) is 1. The van der Waals surface area contributed by atoms with Crippen LogP contribution in [0.4, 0.5) is 23.1 Å². The van der Waals surface area contributed by atoms with Gasteiger partial charge in [0.05, 0.1) is 48.2 Å². The number of aromatic nitrogens is 4. The Morgan fingerprint density at radius 3 is 2.62 bits per heavy atom. The molecular formula is C27H33N7O2S. The minimum Gasteiger partial charge on any atom is -0.386 e. The highest BCUT2D eigenvalue weighted by Crippen LogP contribution is 2.34. The molecule has 2 fully saturated rings. The molecule has 0 amide bonds. The number of likely N-dealkylation sites (tertiary alicyclic amines) is 1. The van der Waals surface area contributed by atoms with Crippen LogP contribution in [-0.2, 0) is 10.3 Å². The fourth-order valence-electron chi connectivity index (χ4n) is 5.03. The van der Waals surface area contributed by atoms with E-state index in [9.17, 15) is 5.11 Å². The normalized spacial score (nSPS) is 17.7. The van der Waals surface area contributed by atoms with Gasteiger partial charge in [0.1, 0.15) is 10.6 Å². The number of aliphatic hydroxyl groups is 1. The van der Waals surface area contributed by atoms with Gasteiger partial charge in [-0.2, -0.15) is 10.1 Å². The Morgan fingerprint density at radius 1 is 1.08 bits per heavy atom. The van der Waals surface area contributed by atoms with Crippen LogP contribution in [0.5, 0.6) is 0 Å². The molecule has 10 heteroatoms. The van der Waals surface area contributed by atoms with Crippen LogP contribution in [0, 0.1) is 6.92 Å². The summed E-state index contributed by atoms with van der Waals surface area (Å²) < 4.78 is 7.43. The van der Waals surface area contributed by atoms with Crippen molar-refractivity contribution in [2.45, 2.75) is 51.3 Å². The lowest BCUT2D eigenvalue weighted by molar-refractivity contribution is -0.0734. The van der Waals surface area contributed by atoms with Gasteiger partial charge in [0.2, 0.25) is 5.95 Å². The quantitative estimate of drug-likeness (QED) is 0.316. The summed E-state index contributed by atoms with van der Waals surface area (Å²) in [5.41, 5.74) is 2.77. The lowest BCUT2D eigenvalue weighted by Gasteiger charge is -2.41. The van der Waals surface area contributed by atoms with Crippen molar-refractivity contribution in [3.63, 3.8) is 0 Å². The first-order valence-corrected chi connectivity index (χ1v) is 13.7. The molecule has 0 aliphatic carbocycles. The molecule has 0 atom stereocenters. The second kappa shape index (κ2) is 9.68. The zero-order chi connectivity index (χ0) is 25.6. The predicted octanol–water partition coefficient (Wildman–Crippen LogP) is 4.95. The molecule has 1 aromatic carbocycles. The van der Waals surface area contributed by atoms with Gasteiger partial charge in [0, 0.05) is 25.0 Å². The summed E-state index contributed by atoms with van der Waals surface area (Å²) in [4.78, 5) is 13.1. The third kappa shape index (κ3) is 5.06. The van der Waals surface area contributed by atoms with Gasteiger partial charge in [0.15, 0.2) is 0 Å². The van der Waals surface area contributed by atoms with Crippen molar-refractivity contribution in [3.8, 4) is 0 Å². The highest BCUT2D eigenvalue weighted by molar-refractivity contribution is 7.17. The Morgan fingerprint density at radius 2 is 1.89 bits per heavy atom. The van der Waals surface area contributed by atoms with E-state index < -0.39 is 5.60 Å². The number of hydrogen-bond donors (Lipinski definition) is 3. The molecule has 0 spiro atoms. The largest absolute Gasteiger partial charge is 0.386 e. The fourth-order valence-corrected chi connectivity index (χ4v) is 5.95. The zero-order valence-electron chi connectivity index (χ0n) is 21.4. The maximum atomic E-state index is 10.4. The first-order chi connectivity index (χ1) is 17.8. The maximum Gasteiger partial charge on any atom is 0.230 e. The van der Waals surface area contributed by atoms with Crippen LogP contribution in [-0.4, -0.2) is 62.1 Å². The van der Waals surface area contributed by atoms with Crippen LogP contribution in [0.25, 0.3) is 10.2 Å². The Balaban J connectivity index is 1.21. The van der Waals surface area contributed by atoms with Crippen LogP contribution < -0.4 is 10.6 Å². The summed E-state index contributed by atoms with van der Waals surface area (Å²) >= 11 is 1.60. The van der Waals surface area contributed by atoms with Crippen LogP contribution in [0.15, 0.2) is 42.0 Å². The molecule has 2 saturated heterocycles. The van der Waals surface area contributed by atoms with E-state index in [1.807, 2.05) is 30.5 Å². The highest BCUT2D eigenvalue weighted by atomic mass is 32.1. The van der Waals surface area contributed by atoms with E-state index in [4.69, 9.17) is 14.7 Å². The number of aryl methyl sites for hydroxylation is 1. The predicted molar refractivity (Wildman–Crippen MR) is 147 cm³/mol. The van der Waals surface area contributed by atoms with Gasteiger partial charge in [-0.15, -0.1) is 11.3 Å². The molecule has 6 rings (SSSR count). The summed E-state index contributed by atoms with van der Waals surface area (Å²) in [6.07, 6.45) is 6.08. The van der Waals surface area contributed by atoms with E-state index in [0.29, 0.717) is 18.0 Å². The number of piperidine rings is 1. The Hall–Kier alpha value is -3.05. The van der Waals surface area contributed by atoms with Crippen LogP contribution in [0.3, 0.4) is 0 Å². The van der Waals surface area contributed by atoms with Gasteiger partial charge < -0.3 is 20.5 Å². The number of nitrogens with zero attached hydrogens (tertiary/aromatic N) is 5.